The normalized spacial score (nSPS) is 35.5. The zero-order chi connectivity index (χ0) is 29.4. The Labute approximate surface area is 190 Å². The van der Waals surface area contributed by atoms with Crippen LogP contribution in [0.15, 0.2) is 51.0 Å². The molecule has 2 aromatic rings. The average Bonchev–Trinajstić information content (AvgIpc) is 3.40. The van der Waals surface area contributed by atoms with Gasteiger partial charge in [-0.25, -0.2) is 0 Å². The first-order chi connectivity index (χ1) is 17.7. The Hall–Kier alpha value is -2.16. The predicted molar refractivity (Wildman–Crippen MR) is 109 cm³/mol. The number of nitrogens with one attached hydrogen (secondary N) is 2. The Kier molecular flexibility index (Phi) is 3.36. The second kappa shape index (κ2) is 9.36. The standard InChI is InChI=1S/C13H14N2O2.C7H9NO2.BrH/c16-13-11-6-7-15(9-12(11)17-14-13)8-10-4-2-1-3-5-10;9-6-4-10-7-3-8-2-1-5(6)7;/h1-5H,6-9H2,(H,14,16);8H,1-4H2;1H/i6D2,7D2,9D2;1D2,2D2,3D2;. The van der Waals surface area contributed by atoms with Gasteiger partial charge in [-0.3, -0.25) is 14.5 Å². The molecule has 0 spiro atoms. The number of hydrogen-bond acceptors (Lipinski definition) is 6. The molecular weight excluding hydrogens is 426 g/mol. The maximum absolute atomic E-state index is 11.8. The molecule has 3 aliphatic heterocycles. The lowest BCUT2D eigenvalue weighted by Gasteiger charge is -2.24. The van der Waals surface area contributed by atoms with Crippen LogP contribution in [0.25, 0.3) is 0 Å². The van der Waals surface area contributed by atoms with Crippen molar-refractivity contribution in [2.75, 3.05) is 26.1 Å². The number of rotatable bonds is 2. The van der Waals surface area contributed by atoms with E-state index >= 15 is 0 Å². The zero-order valence-electron chi connectivity index (χ0n) is 26.3. The summed E-state index contributed by atoms with van der Waals surface area (Å²) in [6.07, 6.45) is -5.34. The van der Waals surface area contributed by atoms with Crippen LogP contribution in [-0.2, 0) is 28.9 Å². The Bertz CT molecular complexity index is 1390. The summed E-state index contributed by atoms with van der Waals surface area (Å²) >= 11 is 0. The second-order valence-electron chi connectivity index (χ2n) is 5.57. The van der Waals surface area contributed by atoms with Crippen LogP contribution in [0.3, 0.4) is 0 Å². The minimum Gasteiger partial charge on any atom is -0.488 e. The number of nitrogens with zero attached hydrogens (tertiary/aromatic N) is 1. The number of ketones is 1. The summed E-state index contributed by atoms with van der Waals surface area (Å²) in [7, 11) is 0. The van der Waals surface area contributed by atoms with Gasteiger partial charge in [-0.1, -0.05) is 30.3 Å². The molecule has 3 aliphatic rings. The van der Waals surface area contributed by atoms with Crippen LogP contribution in [0.1, 0.15) is 39.7 Å². The number of benzene rings is 1. The molecule has 8 heteroatoms. The van der Waals surface area contributed by atoms with Crippen LogP contribution in [-0.4, -0.2) is 41.9 Å². The van der Waals surface area contributed by atoms with E-state index in [1.165, 1.54) is 0 Å². The van der Waals surface area contributed by atoms with Crippen LogP contribution in [0.2, 0.25) is 0 Å². The molecule has 0 fully saturated rings. The van der Waals surface area contributed by atoms with Crippen molar-refractivity contribution in [2.45, 2.75) is 25.8 Å². The highest BCUT2D eigenvalue weighted by Gasteiger charge is 2.26. The number of carbonyl (C=O) groups is 1. The van der Waals surface area contributed by atoms with E-state index in [0.717, 1.165) is 4.90 Å². The van der Waals surface area contributed by atoms with E-state index in [9.17, 15) is 9.59 Å². The molecule has 28 heavy (non-hydrogen) atoms. The molecule has 4 heterocycles. The molecule has 1 aromatic carbocycles. The first-order valence-corrected chi connectivity index (χ1v) is 7.94. The Morgan fingerprint density at radius 1 is 1.18 bits per heavy atom. The molecule has 5 rings (SSSR count). The molecule has 0 saturated heterocycles. The second-order valence-corrected chi connectivity index (χ2v) is 5.57. The SMILES string of the molecule is Br.[2H]C1([2H])NC([2H])([2H])C([2H])([2H])C2=C1OCC2=O.[2H]C1([2H])c2o[nH]c(=O)c2C([2H])([2H])C([2H])([2H])N1Cc1ccccc1. The number of aromatic amines is 1. The fraction of sp³-hybridized carbons (Fsp3) is 0.400. The number of halogens is 1. The van der Waals surface area contributed by atoms with Gasteiger partial charge in [0.1, 0.15) is 5.76 Å². The number of H-pyrrole nitrogens is 1. The molecule has 150 valence electrons. The number of fused-ring (bicyclic) bond motifs is 1. The van der Waals surface area contributed by atoms with Crippen LogP contribution in [0, 0.1) is 0 Å². The Morgan fingerprint density at radius 2 is 2.00 bits per heavy atom. The van der Waals surface area contributed by atoms with Crippen molar-refractivity contribution in [2.24, 2.45) is 0 Å². The summed E-state index contributed by atoms with van der Waals surface area (Å²) in [4.78, 5) is 23.9. The molecule has 1 aromatic heterocycles. The molecule has 0 atom stereocenters. The van der Waals surface area contributed by atoms with E-state index in [1.54, 1.807) is 30.3 Å². The molecule has 0 aliphatic carbocycles. The topological polar surface area (TPSA) is 87.6 Å². The van der Waals surface area contributed by atoms with Gasteiger partial charge in [0.2, 0.25) is 0 Å². The third kappa shape index (κ3) is 4.63. The first-order valence-electron chi connectivity index (χ1n) is 13.9. The largest absolute Gasteiger partial charge is 0.488 e. The van der Waals surface area contributed by atoms with E-state index in [-0.39, 0.29) is 23.5 Å². The third-order valence-corrected chi connectivity index (χ3v) is 3.72. The molecule has 7 nitrogen and oxygen atoms in total. The fourth-order valence-corrected chi connectivity index (χ4v) is 2.43. The monoisotopic (exact) mass is 461 g/mol. The highest BCUT2D eigenvalue weighted by molar-refractivity contribution is 8.93. The van der Waals surface area contributed by atoms with E-state index in [2.05, 4.69) is 0 Å². The number of hydrogen-bond donors (Lipinski definition) is 2. The number of Topliss-reactive ketones (excluding diaryl/α,β-unsaturated/α-hetero) is 1. The number of carbonyl (C=O) groups excluding carboxylic acids is 1. The van der Waals surface area contributed by atoms with Gasteiger partial charge in [-0.05, 0) is 24.8 Å². The summed E-state index contributed by atoms with van der Waals surface area (Å²) in [5.74, 6) is -1.69. The molecule has 0 radical (unpaired) electrons. The van der Waals surface area contributed by atoms with E-state index in [0.29, 0.717) is 5.56 Å². The van der Waals surface area contributed by atoms with Gasteiger partial charge in [0.25, 0.3) is 5.56 Å². The maximum atomic E-state index is 11.8. The molecular formula is C20H24BrN3O4. The van der Waals surface area contributed by atoms with E-state index in [4.69, 9.17) is 25.7 Å². The van der Waals surface area contributed by atoms with Gasteiger partial charge in [-0.2, -0.15) is 5.16 Å². The minimum atomic E-state index is -2.75. The highest BCUT2D eigenvalue weighted by Crippen LogP contribution is 2.20. The van der Waals surface area contributed by atoms with Crippen molar-refractivity contribution in [3.8, 4) is 0 Å². The van der Waals surface area contributed by atoms with Gasteiger partial charge >= 0.3 is 0 Å². The quantitative estimate of drug-likeness (QED) is 0.710. The third-order valence-electron chi connectivity index (χ3n) is 3.72. The minimum absolute atomic E-state index is 0. The van der Waals surface area contributed by atoms with Crippen LogP contribution < -0.4 is 10.9 Å². The van der Waals surface area contributed by atoms with Crippen molar-refractivity contribution in [3.05, 3.63) is 68.9 Å². The van der Waals surface area contributed by atoms with Crippen molar-refractivity contribution < 1.29 is 30.5 Å². The summed E-state index contributed by atoms with van der Waals surface area (Å²) in [6.45, 7) is -10.9. The summed E-state index contributed by atoms with van der Waals surface area (Å²) in [5.41, 5.74) is -1.53. The van der Waals surface area contributed by atoms with Gasteiger partial charge in [0.15, 0.2) is 18.2 Å². The molecule has 0 amide bonds. The van der Waals surface area contributed by atoms with E-state index < -0.39 is 79.3 Å². The fourth-order valence-electron chi connectivity index (χ4n) is 2.43. The van der Waals surface area contributed by atoms with Gasteiger partial charge in [0.05, 0.1) is 24.0 Å². The smallest absolute Gasteiger partial charge is 0.283 e. The van der Waals surface area contributed by atoms with Crippen molar-refractivity contribution in [1.82, 2.24) is 15.4 Å². The predicted octanol–water partition coefficient (Wildman–Crippen LogP) is 1.94. The van der Waals surface area contributed by atoms with Crippen LogP contribution in [0.4, 0.5) is 0 Å². The summed E-state index contributed by atoms with van der Waals surface area (Å²) in [5, 5.41) is 3.78. The van der Waals surface area contributed by atoms with Crippen molar-refractivity contribution in [3.63, 3.8) is 0 Å². The van der Waals surface area contributed by atoms with Crippen LogP contribution >= 0.6 is 17.0 Å². The molecule has 2 N–H and O–H groups in total. The first kappa shape index (κ1) is 10.0. The van der Waals surface area contributed by atoms with Crippen molar-refractivity contribution in [1.29, 1.82) is 0 Å². The number of ether oxygens (including phenoxy) is 1. The maximum Gasteiger partial charge on any atom is 0.283 e. The summed E-state index contributed by atoms with van der Waals surface area (Å²) in [6, 6.07) is 8.59. The van der Waals surface area contributed by atoms with E-state index in [1.807, 2.05) is 10.5 Å². The van der Waals surface area contributed by atoms with Gasteiger partial charge < -0.3 is 14.6 Å². The lowest BCUT2D eigenvalue weighted by Crippen LogP contribution is -2.31. The molecule has 0 bridgehead atoms. The van der Waals surface area contributed by atoms with Gasteiger partial charge in [-0.15, -0.1) is 17.0 Å². The lowest BCUT2D eigenvalue weighted by atomic mass is 10.1. The average molecular weight is 462 g/mol. The Morgan fingerprint density at radius 3 is 2.82 bits per heavy atom. The van der Waals surface area contributed by atoms with Crippen molar-refractivity contribution >= 4 is 22.8 Å². The number of aromatic nitrogens is 1. The molecule has 0 saturated carbocycles. The Balaban J connectivity index is 0.000000229. The highest BCUT2D eigenvalue weighted by atomic mass is 79.9. The zero-order valence-corrected chi connectivity index (χ0v) is 16.0. The molecule has 0 unspecified atom stereocenters. The summed E-state index contributed by atoms with van der Waals surface area (Å²) < 4.78 is 103. The van der Waals surface area contributed by atoms with Gasteiger partial charge in [0, 0.05) is 29.6 Å². The lowest BCUT2D eigenvalue weighted by molar-refractivity contribution is -0.116. The van der Waals surface area contributed by atoms with Crippen LogP contribution in [0.5, 0.6) is 0 Å².